The molecule has 0 aliphatic carbocycles. The molecule has 1 atom stereocenters. The van der Waals surface area contributed by atoms with Crippen LogP contribution in [0.25, 0.3) is 11.0 Å². The second kappa shape index (κ2) is 9.90. The van der Waals surface area contributed by atoms with E-state index >= 15 is 0 Å². The van der Waals surface area contributed by atoms with Gasteiger partial charge in [0.05, 0.1) is 37.0 Å². The van der Waals surface area contributed by atoms with Crippen LogP contribution in [0.15, 0.2) is 42.6 Å². The Balaban J connectivity index is 1.49. The molecule has 1 amide bonds. The van der Waals surface area contributed by atoms with Gasteiger partial charge < -0.3 is 25.4 Å². The van der Waals surface area contributed by atoms with E-state index in [4.69, 9.17) is 15.2 Å². The monoisotopic (exact) mass is 510 g/mol. The van der Waals surface area contributed by atoms with E-state index in [1.54, 1.807) is 19.4 Å². The molecule has 1 aliphatic heterocycles. The maximum absolute atomic E-state index is 14.0. The first-order chi connectivity index (χ1) is 17.8. The van der Waals surface area contributed by atoms with Crippen molar-refractivity contribution >= 4 is 45.8 Å². The van der Waals surface area contributed by atoms with Gasteiger partial charge in [0.25, 0.3) is 5.91 Å². The number of aromatic nitrogens is 3. The minimum absolute atomic E-state index is 0.0138. The summed E-state index contributed by atoms with van der Waals surface area (Å²) >= 11 is 0. The zero-order chi connectivity index (χ0) is 26.1. The number of rotatable bonds is 7. The molecule has 2 aromatic carbocycles. The third-order valence-electron chi connectivity index (χ3n) is 6.19. The first kappa shape index (κ1) is 24.3. The number of benzene rings is 2. The minimum atomic E-state index is -1.18. The molecule has 4 aromatic rings. The van der Waals surface area contributed by atoms with Crippen LogP contribution in [0.3, 0.4) is 0 Å². The number of hydrogen-bond donors (Lipinski definition) is 4. The number of carbonyl (C=O) groups is 1. The Bertz CT molecular complexity index is 1480. The van der Waals surface area contributed by atoms with Gasteiger partial charge in [0.1, 0.15) is 5.69 Å². The Morgan fingerprint density at radius 2 is 2.03 bits per heavy atom. The zero-order valence-electron chi connectivity index (χ0n) is 20.2. The number of halogens is 2. The highest BCUT2D eigenvalue weighted by molar-refractivity contribution is 6.00. The molecule has 37 heavy (non-hydrogen) atoms. The molecule has 0 unspecified atom stereocenters. The molecule has 1 fully saturated rings. The van der Waals surface area contributed by atoms with E-state index in [-0.39, 0.29) is 23.1 Å². The fraction of sp³-hybridized carbons (Fsp3) is 0.240. The lowest BCUT2D eigenvalue weighted by molar-refractivity contribution is -0.333. The van der Waals surface area contributed by atoms with Crippen molar-refractivity contribution in [3.05, 3.63) is 59.8 Å². The lowest BCUT2D eigenvalue weighted by Gasteiger charge is -2.35. The van der Waals surface area contributed by atoms with Crippen LogP contribution < -0.4 is 31.0 Å². The average Bonchev–Trinajstić information content (AvgIpc) is 3.35. The standard InChI is InChI=1S/C25H25F2N7O3/c1-13-12-37-8-7-34(13)14-3-4-19(21(9-14)36-2)31-25-32-23-15(5-6-29-23)24(33-25)30-20-11-18(27)17(26)10-16(20)22(28)35/h3-6,9-11,13H,7-8,12H2,1-2H3,(H2,28,35)(H3,29,30,31,32,33)/p+1/t13-/m0/s1. The van der Waals surface area contributed by atoms with Crippen LogP contribution >= 0.6 is 0 Å². The Hall–Kier alpha value is -4.45. The number of carbonyl (C=O) groups excluding carboxylic acids is 1. The van der Waals surface area contributed by atoms with Gasteiger partial charge in [0, 0.05) is 36.6 Å². The highest BCUT2D eigenvalue weighted by Gasteiger charge is 2.22. The number of nitrogens with zero attached hydrogens (tertiary/aromatic N) is 2. The molecule has 0 bridgehead atoms. The number of methoxy groups -OCH3 is 1. The van der Waals surface area contributed by atoms with Crippen LogP contribution in [0, 0.1) is 11.6 Å². The molecule has 5 rings (SSSR count). The van der Waals surface area contributed by atoms with Crippen molar-refractivity contribution < 1.29 is 28.0 Å². The highest BCUT2D eigenvalue weighted by Crippen LogP contribution is 2.33. The van der Waals surface area contributed by atoms with Crippen LogP contribution in [-0.2, 0) is 4.74 Å². The predicted molar refractivity (Wildman–Crippen MR) is 135 cm³/mol. The number of fused-ring (bicyclic) bond motifs is 1. The Morgan fingerprint density at radius 3 is 2.78 bits per heavy atom. The SMILES string of the molecule is COc1cc(N2CCOC[C@@H]2C)ccc1Nc1nc(Nc2cc(F)c(F)cc2C(N)=O)c2cc[nH]c2[nH+]1. The first-order valence-electron chi connectivity index (χ1n) is 11.6. The highest BCUT2D eigenvalue weighted by atomic mass is 19.2. The molecule has 0 spiro atoms. The van der Waals surface area contributed by atoms with E-state index in [2.05, 4.69) is 37.4 Å². The topological polar surface area (TPSA) is 132 Å². The van der Waals surface area contributed by atoms with E-state index in [0.717, 1.165) is 24.4 Å². The van der Waals surface area contributed by atoms with Crippen LogP contribution in [0.4, 0.5) is 37.6 Å². The van der Waals surface area contributed by atoms with E-state index < -0.39 is 17.5 Å². The van der Waals surface area contributed by atoms with Gasteiger partial charge in [-0.05, 0) is 31.2 Å². The van der Waals surface area contributed by atoms with Crippen LogP contribution in [0.5, 0.6) is 5.75 Å². The molecule has 0 saturated carbocycles. The van der Waals surface area contributed by atoms with Crippen molar-refractivity contribution in [3.8, 4) is 5.75 Å². The minimum Gasteiger partial charge on any atom is -0.493 e. The number of anilines is 5. The van der Waals surface area contributed by atoms with E-state index in [9.17, 15) is 13.6 Å². The predicted octanol–water partition coefficient (Wildman–Crippen LogP) is 3.48. The summed E-state index contributed by atoms with van der Waals surface area (Å²) in [7, 11) is 1.58. The van der Waals surface area contributed by atoms with Gasteiger partial charge in [0.2, 0.25) is 11.5 Å². The largest absolute Gasteiger partial charge is 0.493 e. The molecule has 0 radical (unpaired) electrons. The van der Waals surface area contributed by atoms with Gasteiger partial charge in [-0.1, -0.05) is 4.98 Å². The second-order valence-corrected chi connectivity index (χ2v) is 8.63. The molecule has 10 nitrogen and oxygen atoms in total. The van der Waals surface area contributed by atoms with Crippen molar-refractivity contribution in [2.75, 3.05) is 42.4 Å². The van der Waals surface area contributed by atoms with Crippen LogP contribution in [0.1, 0.15) is 17.3 Å². The Morgan fingerprint density at radius 1 is 1.22 bits per heavy atom. The molecule has 3 heterocycles. The second-order valence-electron chi connectivity index (χ2n) is 8.63. The van der Waals surface area contributed by atoms with Gasteiger partial charge >= 0.3 is 5.95 Å². The van der Waals surface area contributed by atoms with Gasteiger partial charge in [-0.25, -0.2) is 13.8 Å². The molecule has 1 saturated heterocycles. The van der Waals surface area contributed by atoms with Crippen molar-refractivity contribution in [2.24, 2.45) is 5.73 Å². The normalized spacial score (nSPS) is 15.6. The number of H-pyrrole nitrogens is 2. The van der Waals surface area contributed by atoms with Gasteiger partial charge in [0.15, 0.2) is 17.4 Å². The third kappa shape index (κ3) is 4.83. The molecule has 2 aromatic heterocycles. The summed E-state index contributed by atoms with van der Waals surface area (Å²) in [6.45, 7) is 4.20. The van der Waals surface area contributed by atoms with E-state index in [1.165, 1.54) is 0 Å². The van der Waals surface area contributed by atoms with Gasteiger partial charge in [-0.2, -0.15) is 0 Å². The molecule has 1 aliphatic rings. The first-order valence-corrected chi connectivity index (χ1v) is 11.6. The number of morpholine rings is 1. The molecular formula is C25H26F2N7O3+. The number of aromatic amines is 2. The quantitative estimate of drug-likeness (QED) is 0.299. The summed E-state index contributed by atoms with van der Waals surface area (Å²) in [6.07, 6.45) is 1.69. The summed E-state index contributed by atoms with van der Waals surface area (Å²) in [5.41, 5.74) is 7.42. The number of primary amides is 1. The Kier molecular flexibility index (Phi) is 6.49. The summed E-state index contributed by atoms with van der Waals surface area (Å²) in [5.74, 6) is -2.01. The van der Waals surface area contributed by atoms with Crippen molar-refractivity contribution in [3.63, 3.8) is 0 Å². The average molecular weight is 511 g/mol. The lowest BCUT2D eigenvalue weighted by atomic mass is 10.1. The Labute approximate surface area is 210 Å². The van der Waals surface area contributed by atoms with Gasteiger partial charge in [-0.3, -0.25) is 15.1 Å². The summed E-state index contributed by atoms with van der Waals surface area (Å²) in [4.78, 5) is 24.9. The molecule has 6 N–H and O–H groups in total. The number of nitrogens with two attached hydrogens (primary N) is 1. The molecule has 192 valence electrons. The third-order valence-corrected chi connectivity index (χ3v) is 6.19. The van der Waals surface area contributed by atoms with Crippen LogP contribution in [0.2, 0.25) is 0 Å². The summed E-state index contributed by atoms with van der Waals surface area (Å²) < 4.78 is 38.9. The zero-order valence-corrected chi connectivity index (χ0v) is 20.2. The number of ether oxygens (including phenoxy) is 2. The maximum Gasteiger partial charge on any atom is 0.351 e. The number of hydrogen-bond acceptors (Lipinski definition) is 7. The maximum atomic E-state index is 14.0. The van der Waals surface area contributed by atoms with Crippen molar-refractivity contribution in [1.82, 2.24) is 9.97 Å². The molecular weight excluding hydrogens is 484 g/mol. The van der Waals surface area contributed by atoms with E-state index in [0.29, 0.717) is 41.6 Å². The summed E-state index contributed by atoms with van der Waals surface area (Å²) in [6, 6.07) is 9.42. The smallest absolute Gasteiger partial charge is 0.351 e. The van der Waals surface area contributed by atoms with Gasteiger partial charge in [-0.15, -0.1) is 0 Å². The molecule has 12 heteroatoms. The van der Waals surface area contributed by atoms with E-state index in [1.807, 2.05) is 18.2 Å². The van der Waals surface area contributed by atoms with Crippen molar-refractivity contribution in [1.29, 1.82) is 0 Å². The van der Waals surface area contributed by atoms with Crippen molar-refractivity contribution in [2.45, 2.75) is 13.0 Å². The fourth-order valence-electron chi connectivity index (χ4n) is 4.32. The number of nitrogens with one attached hydrogen (secondary N) is 4. The number of amides is 1. The lowest BCUT2D eigenvalue weighted by Crippen LogP contribution is -2.43. The van der Waals surface area contributed by atoms with Crippen LogP contribution in [-0.4, -0.2) is 48.8 Å². The summed E-state index contributed by atoms with van der Waals surface area (Å²) in [5, 5.41) is 6.74. The fourth-order valence-corrected chi connectivity index (χ4v) is 4.32.